The largest absolute Gasteiger partial charge is 1.00 e. The van der Waals surface area contributed by atoms with Gasteiger partial charge in [0, 0.05) is 0 Å². The molecular weight excluding hydrogens is 141 g/mol. The summed E-state index contributed by atoms with van der Waals surface area (Å²) in [4.78, 5) is 6.99. The smallest absolute Gasteiger partial charge is 1.00 e. The van der Waals surface area contributed by atoms with Crippen molar-refractivity contribution in [2.24, 2.45) is 0 Å². The Morgan fingerprint density at radius 2 is 1.60 bits per heavy atom. The van der Waals surface area contributed by atoms with Crippen LogP contribution in [0.15, 0.2) is 0 Å². The van der Waals surface area contributed by atoms with Gasteiger partial charge in [0.25, 0.3) is 0 Å². The van der Waals surface area contributed by atoms with Crippen molar-refractivity contribution in [1.82, 2.24) is 0 Å². The third-order valence-corrected chi connectivity index (χ3v) is 0. The minimum Gasteiger partial charge on any atom is -1.00 e. The van der Waals surface area contributed by atoms with Gasteiger partial charge in [-0.2, -0.15) is 0 Å². The van der Waals surface area contributed by atoms with Crippen molar-refractivity contribution < 1.29 is 115 Å². The summed E-state index contributed by atoms with van der Waals surface area (Å²) in [6.45, 7) is 0. The van der Waals surface area contributed by atoms with Gasteiger partial charge in [-0.05, 0) is 0 Å². The number of hydrogen-bond donors (Lipinski definition) is 1. The molecule has 0 rings (SSSR count). The Kier molecular flexibility index (Phi) is 49.4. The molecule has 0 atom stereocenters. The predicted molar refractivity (Wildman–Crippen MR) is 12.0 cm³/mol. The predicted octanol–water partition coefficient (Wildman–Crippen LogP) is -5.58. The maximum absolute atomic E-state index is 8.46. The van der Waals surface area contributed by atoms with Crippen LogP contribution in [0.4, 0.5) is 0 Å². The molecule has 0 aromatic rings. The molecule has 0 saturated carbocycles. The van der Waals surface area contributed by atoms with Gasteiger partial charge in [0.1, 0.15) is 0 Å². The van der Waals surface area contributed by atoms with Crippen LogP contribution in [0.1, 0.15) is 2.85 Å². The first-order chi connectivity index (χ1) is 1.41. The van der Waals surface area contributed by atoms with Crippen LogP contribution in [0.2, 0.25) is 0 Å². The minimum atomic E-state index is -0.833. The van der Waals surface area contributed by atoms with Crippen molar-refractivity contribution in [3.63, 3.8) is 0 Å². The second-order valence-electron chi connectivity index (χ2n) is 0.0816. The Bertz CT molecular complexity index is 21.2. The van der Waals surface area contributed by atoms with E-state index in [1.54, 1.807) is 0 Å². The van der Waals surface area contributed by atoms with Gasteiger partial charge in [0.15, 0.2) is 0 Å². The first-order valence-electron chi connectivity index (χ1n) is 0.383. The monoisotopic (exact) mass is 144 g/mol. The zero-order valence-electron chi connectivity index (χ0n) is 5.30. The molecule has 5 heteroatoms. The minimum absolute atomic E-state index is 0. The molecule has 5 heavy (non-hydrogen) atoms. The molecule has 0 aliphatic carbocycles. The molecule has 0 aliphatic heterocycles. The summed E-state index contributed by atoms with van der Waals surface area (Å²) < 4.78 is 8.46. The molecule has 22 valence electrons. The third-order valence-electron chi connectivity index (χ3n) is 0. The normalized spacial score (nSPS) is 4.20. The van der Waals surface area contributed by atoms with E-state index in [2.05, 4.69) is 0 Å². The zero-order valence-corrected chi connectivity index (χ0v) is 10.4. The summed E-state index contributed by atoms with van der Waals surface area (Å²) in [5, 5.41) is 0. The fraction of sp³-hybridized carbons (Fsp3) is 0. The van der Waals surface area contributed by atoms with E-state index in [4.69, 9.17) is 9.46 Å². The van der Waals surface area contributed by atoms with E-state index in [0.29, 0.717) is 0 Å². The number of hydrogen-bond acceptors (Lipinski definition) is 1. The van der Waals surface area contributed by atoms with Crippen LogP contribution in [-0.4, -0.2) is 4.89 Å². The Hall–Kier alpha value is 3.33. The van der Waals surface area contributed by atoms with Gasteiger partial charge in [-0.25, -0.2) is 4.57 Å². The first-order valence-corrected chi connectivity index (χ1v) is 1.15. The van der Waals surface area contributed by atoms with E-state index < -0.39 is 8.69 Å². The van der Waals surface area contributed by atoms with Crippen molar-refractivity contribution in [2.75, 3.05) is 0 Å². The van der Waals surface area contributed by atoms with Crippen LogP contribution in [0.3, 0.4) is 0 Å². The molecule has 0 unspecified atom stereocenters. The van der Waals surface area contributed by atoms with Crippen LogP contribution < -0.4 is 103 Å². The standard InChI is InChI=1S/2K.HO2P.2H/c;;1-3-2;;/h;;(H,1,2);;/q2*+1;;2*-1. The van der Waals surface area contributed by atoms with Gasteiger partial charge in [0.2, 0.25) is 0 Å². The summed E-state index contributed by atoms with van der Waals surface area (Å²) >= 11 is 0. The van der Waals surface area contributed by atoms with Crippen LogP contribution in [0.25, 0.3) is 0 Å². The fourth-order valence-electron chi connectivity index (χ4n) is 0. The maximum Gasteiger partial charge on any atom is 1.00 e. The third kappa shape index (κ3) is 18.8. The van der Waals surface area contributed by atoms with Gasteiger partial charge in [0.05, 0.1) is 0 Å². The second-order valence-corrected chi connectivity index (χ2v) is 0.245. The summed E-state index contributed by atoms with van der Waals surface area (Å²) in [5.74, 6) is 0. The fourth-order valence-corrected chi connectivity index (χ4v) is 0. The van der Waals surface area contributed by atoms with E-state index in [9.17, 15) is 0 Å². The van der Waals surface area contributed by atoms with Crippen molar-refractivity contribution in [3.8, 4) is 0 Å². The summed E-state index contributed by atoms with van der Waals surface area (Å²) in [6, 6.07) is 0. The quantitative estimate of drug-likeness (QED) is 0.272. The van der Waals surface area contributed by atoms with Crippen molar-refractivity contribution >= 4 is 8.69 Å². The molecule has 0 amide bonds. The molecule has 0 aliphatic rings. The van der Waals surface area contributed by atoms with E-state index >= 15 is 0 Å². The first kappa shape index (κ1) is 15.8. The van der Waals surface area contributed by atoms with Gasteiger partial charge in [-0.15, -0.1) is 0 Å². The Morgan fingerprint density at radius 3 is 1.60 bits per heavy atom. The molecule has 0 fully saturated rings. The van der Waals surface area contributed by atoms with Crippen molar-refractivity contribution in [2.45, 2.75) is 0 Å². The second kappa shape index (κ2) is 15.7. The molecule has 0 heterocycles. The molecule has 0 aromatic heterocycles. The van der Waals surface area contributed by atoms with Crippen LogP contribution >= 0.6 is 8.69 Å². The molecule has 0 spiro atoms. The molecule has 0 saturated heterocycles. The van der Waals surface area contributed by atoms with E-state index in [-0.39, 0.29) is 106 Å². The van der Waals surface area contributed by atoms with Crippen molar-refractivity contribution in [1.29, 1.82) is 0 Å². The average molecular weight is 144 g/mol. The Labute approximate surface area is 120 Å². The van der Waals surface area contributed by atoms with Crippen LogP contribution in [0.5, 0.6) is 0 Å². The topological polar surface area (TPSA) is 37.3 Å². The van der Waals surface area contributed by atoms with Crippen LogP contribution in [-0.2, 0) is 4.57 Å². The van der Waals surface area contributed by atoms with Crippen molar-refractivity contribution in [3.05, 3.63) is 0 Å². The van der Waals surface area contributed by atoms with Crippen LogP contribution in [0, 0.1) is 0 Å². The molecule has 0 bridgehead atoms. The van der Waals surface area contributed by atoms with Gasteiger partial charge in [-0.3, -0.25) is 0 Å². The Morgan fingerprint density at radius 1 is 1.60 bits per heavy atom. The Balaban J connectivity index is -0.00000000333. The average Bonchev–Trinajstić information content (AvgIpc) is 0.918. The van der Waals surface area contributed by atoms with E-state index in [0.717, 1.165) is 0 Å². The molecule has 0 aromatic carbocycles. The zero-order chi connectivity index (χ0) is 2.71. The molecule has 1 N–H and O–H groups in total. The van der Waals surface area contributed by atoms with E-state index in [1.165, 1.54) is 0 Å². The van der Waals surface area contributed by atoms with Gasteiger partial charge in [-0.1, -0.05) is 0 Å². The maximum atomic E-state index is 8.46. The summed E-state index contributed by atoms with van der Waals surface area (Å²) in [5.41, 5.74) is 0. The summed E-state index contributed by atoms with van der Waals surface area (Å²) in [6.07, 6.45) is 0. The van der Waals surface area contributed by atoms with Gasteiger partial charge >= 0.3 is 111 Å². The molecule has 0 radical (unpaired) electrons. The molecule has 2 nitrogen and oxygen atoms in total. The number of rotatable bonds is 0. The molecular formula is H3K2O2P. The summed E-state index contributed by atoms with van der Waals surface area (Å²) in [7, 11) is -0.833. The van der Waals surface area contributed by atoms with E-state index in [1.807, 2.05) is 0 Å². The SMILES string of the molecule is O=PO.[H-].[H-].[K+].[K+]. The van der Waals surface area contributed by atoms with Gasteiger partial charge < -0.3 is 7.75 Å².